The van der Waals surface area contributed by atoms with Crippen molar-refractivity contribution in [2.45, 2.75) is 44.9 Å². The average Bonchev–Trinajstić information content (AvgIpc) is 2.80. The normalized spacial score (nSPS) is 15.4. The standard InChI is InChI=1S/C25H32O6/c1-5-12-22(30-18-27-3)23(19(2)29-17-20-13-8-6-9-14-20)31-25(26)24(28-4)21-15-10-7-11-16-21/h5-16,19,22-24H,17-18H2,1-4H3/b12-5+/t19-,22-,23-,24-/m0/s1. The molecule has 0 spiro atoms. The third-order valence-corrected chi connectivity index (χ3v) is 4.71. The van der Waals surface area contributed by atoms with E-state index in [-0.39, 0.29) is 6.79 Å². The van der Waals surface area contributed by atoms with E-state index in [1.807, 2.05) is 86.7 Å². The first kappa shape index (κ1) is 24.8. The summed E-state index contributed by atoms with van der Waals surface area (Å²) in [6.45, 7) is 4.17. The highest BCUT2D eigenvalue weighted by Crippen LogP contribution is 2.22. The van der Waals surface area contributed by atoms with Gasteiger partial charge >= 0.3 is 5.97 Å². The van der Waals surface area contributed by atoms with E-state index < -0.39 is 30.4 Å². The molecule has 0 amide bonds. The first-order valence-corrected chi connectivity index (χ1v) is 10.3. The van der Waals surface area contributed by atoms with Crippen LogP contribution in [0.1, 0.15) is 31.1 Å². The van der Waals surface area contributed by atoms with Crippen molar-refractivity contribution in [3.63, 3.8) is 0 Å². The molecule has 0 aliphatic rings. The Balaban J connectivity index is 2.19. The zero-order chi connectivity index (χ0) is 22.5. The summed E-state index contributed by atoms with van der Waals surface area (Å²) in [5, 5.41) is 0. The van der Waals surface area contributed by atoms with Crippen molar-refractivity contribution in [3.05, 3.63) is 83.9 Å². The van der Waals surface area contributed by atoms with E-state index in [1.165, 1.54) is 7.11 Å². The molecule has 31 heavy (non-hydrogen) atoms. The van der Waals surface area contributed by atoms with Gasteiger partial charge in [0, 0.05) is 14.2 Å². The first-order valence-electron chi connectivity index (χ1n) is 10.3. The second-order valence-corrected chi connectivity index (χ2v) is 6.99. The molecule has 0 bridgehead atoms. The van der Waals surface area contributed by atoms with E-state index in [0.29, 0.717) is 12.2 Å². The molecular formula is C25H32O6. The molecule has 0 unspecified atom stereocenters. The zero-order valence-electron chi connectivity index (χ0n) is 18.6. The predicted molar refractivity (Wildman–Crippen MR) is 118 cm³/mol. The molecule has 6 heteroatoms. The number of esters is 1. The van der Waals surface area contributed by atoms with Crippen molar-refractivity contribution in [3.8, 4) is 0 Å². The Kier molecular flexibility index (Phi) is 11.0. The second kappa shape index (κ2) is 13.7. The predicted octanol–water partition coefficient (Wildman–Crippen LogP) is 4.46. The number of rotatable bonds is 13. The number of ether oxygens (including phenoxy) is 5. The number of hydrogen-bond donors (Lipinski definition) is 0. The smallest absolute Gasteiger partial charge is 0.340 e. The van der Waals surface area contributed by atoms with Gasteiger partial charge in [-0.25, -0.2) is 4.79 Å². The molecule has 0 aliphatic heterocycles. The molecule has 2 aromatic rings. The number of carbonyl (C=O) groups is 1. The van der Waals surface area contributed by atoms with Crippen LogP contribution < -0.4 is 0 Å². The van der Waals surface area contributed by atoms with Crippen molar-refractivity contribution in [2.75, 3.05) is 21.0 Å². The van der Waals surface area contributed by atoms with E-state index in [1.54, 1.807) is 7.11 Å². The fourth-order valence-electron chi connectivity index (χ4n) is 3.12. The molecule has 2 aromatic carbocycles. The van der Waals surface area contributed by atoms with E-state index >= 15 is 0 Å². The number of benzene rings is 2. The van der Waals surface area contributed by atoms with Gasteiger partial charge in [-0.05, 0) is 25.0 Å². The van der Waals surface area contributed by atoms with Gasteiger partial charge in [0.1, 0.15) is 12.9 Å². The Bertz CT molecular complexity index is 777. The van der Waals surface area contributed by atoms with Crippen LogP contribution in [0.4, 0.5) is 0 Å². The number of carbonyl (C=O) groups excluding carboxylic acids is 1. The topological polar surface area (TPSA) is 63.2 Å². The van der Waals surface area contributed by atoms with Gasteiger partial charge in [-0.2, -0.15) is 0 Å². The number of allylic oxidation sites excluding steroid dienone is 1. The summed E-state index contributed by atoms with van der Waals surface area (Å²) in [6.07, 6.45) is 1.12. The Morgan fingerprint density at radius 1 is 0.968 bits per heavy atom. The maximum Gasteiger partial charge on any atom is 0.340 e. The summed E-state index contributed by atoms with van der Waals surface area (Å²) in [7, 11) is 3.02. The molecule has 6 nitrogen and oxygen atoms in total. The molecular weight excluding hydrogens is 396 g/mol. The maximum absolute atomic E-state index is 13.0. The molecule has 0 heterocycles. The highest BCUT2D eigenvalue weighted by molar-refractivity contribution is 5.76. The van der Waals surface area contributed by atoms with Crippen molar-refractivity contribution in [1.29, 1.82) is 0 Å². The summed E-state index contributed by atoms with van der Waals surface area (Å²) < 4.78 is 28.2. The fourth-order valence-corrected chi connectivity index (χ4v) is 3.12. The van der Waals surface area contributed by atoms with Crippen molar-refractivity contribution in [1.82, 2.24) is 0 Å². The summed E-state index contributed by atoms with van der Waals surface area (Å²) in [5.41, 5.74) is 1.74. The molecule has 0 saturated carbocycles. The van der Waals surface area contributed by atoms with Gasteiger partial charge in [0.25, 0.3) is 0 Å². The molecule has 0 aliphatic carbocycles. The quantitative estimate of drug-likeness (QED) is 0.267. The van der Waals surface area contributed by atoms with Gasteiger partial charge in [-0.3, -0.25) is 0 Å². The molecule has 4 atom stereocenters. The minimum absolute atomic E-state index is 0.0564. The van der Waals surface area contributed by atoms with Crippen LogP contribution in [0.25, 0.3) is 0 Å². The molecule has 0 aromatic heterocycles. The zero-order valence-corrected chi connectivity index (χ0v) is 18.6. The van der Waals surface area contributed by atoms with E-state index in [2.05, 4.69) is 0 Å². The molecule has 2 rings (SSSR count). The molecule has 0 radical (unpaired) electrons. The summed E-state index contributed by atoms with van der Waals surface area (Å²) in [4.78, 5) is 13.0. The highest BCUT2D eigenvalue weighted by atomic mass is 16.7. The van der Waals surface area contributed by atoms with Crippen LogP contribution in [0.15, 0.2) is 72.8 Å². The molecule has 0 fully saturated rings. The van der Waals surface area contributed by atoms with Crippen molar-refractivity contribution >= 4 is 5.97 Å². The van der Waals surface area contributed by atoms with Crippen LogP contribution in [0.3, 0.4) is 0 Å². The molecule has 0 N–H and O–H groups in total. The van der Waals surface area contributed by atoms with E-state index in [9.17, 15) is 4.79 Å². The number of methoxy groups -OCH3 is 2. The maximum atomic E-state index is 13.0. The van der Waals surface area contributed by atoms with Crippen LogP contribution in [0, 0.1) is 0 Å². The Hall–Kier alpha value is -2.51. The lowest BCUT2D eigenvalue weighted by Crippen LogP contribution is -2.43. The van der Waals surface area contributed by atoms with Gasteiger partial charge in [0.15, 0.2) is 12.2 Å². The molecule has 0 saturated heterocycles. The van der Waals surface area contributed by atoms with Crippen molar-refractivity contribution < 1.29 is 28.5 Å². The van der Waals surface area contributed by atoms with Gasteiger partial charge in [-0.15, -0.1) is 0 Å². The van der Waals surface area contributed by atoms with Crippen LogP contribution >= 0.6 is 0 Å². The van der Waals surface area contributed by atoms with Gasteiger partial charge in [-0.1, -0.05) is 72.8 Å². The van der Waals surface area contributed by atoms with Gasteiger partial charge < -0.3 is 23.7 Å². The lowest BCUT2D eigenvalue weighted by Gasteiger charge is -2.31. The summed E-state index contributed by atoms with van der Waals surface area (Å²) in [6, 6.07) is 19.0. The van der Waals surface area contributed by atoms with Crippen LogP contribution in [0.5, 0.6) is 0 Å². The minimum atomic E-state index is -0.848. The lowest BCUT2D eigenvalue weighted by atomic mass is 10.1. The Morgan fingerprint density at radius 3 is 2.19 bits per heavy atom. The largest absolute Gasteiger partial charge is 0.454 e. The van der Waals surface area contributed by atoms with E-state index in [0.717, 1.165) is 5.56 Å². The lowest BCUT2D eigenvalue weighted by molar-refractivity contribution is -0.186. The second-order valence-electron chi connectivity index (χ2n) is 6.99. The third-order valence-electron chi connectivity index (χ3n) is 4.71. The highest BCUT2D eigenvalue weighted by Gasteiger charge is 2.33. The Labute approximate surface area is 184 Å². The average molecular weight is 429 g/mol. The van der Waals surface area contributed by atoms with E-state index in [4.69, 9.17) is 23.7 Å². The number of hydrogen-bond acceptors (Lipinski definition) is 6. The summed E-state index contributed by atoms with van der Waals surface area (Å²) >= 11 is 0. The van der Waals surface area contributed by atoms with Crippen LogP contribution in [0.2, 0.25) is 0 Å². The van der Waals surface area contributed by atoms with Gasteiger partial charge in [0.2, 0.25) is 0 Å². The fraction of sp³-hybridized carbons (Fsp3) is 0.400. The SMILES string of the molecule is C/C=C/[C@H](OCOC)[C@@H](OC(=O)[C@@H](OC)c1ccccc1)[C@H](C)OCc1ccccc1. The minimum Gasteiger partial charge on any atom is -0.454 e. The van der Waals surface area contributed by atoms with Crippen LogP contribution in [-0.4, -0.2) is 45.3 Å². The first-order chi connectivity index (χ1) is 15.1. The van der Waals surface area contributed by atoms with Crippen LogP contribution in [-0.2, 0) is 35.1 Å². The monoisotopic (exact) mass is 428 g/mol. The molecule has 168 valence electrons. The van der Waals surface area contributed by atoms with Crippen molar-refractivity contribution in [2.24, 2.45) is 0 Å². The Morgan fingerprint density at radius 2 is 1.61 bits per heavy atom. The van der Waals surface area contributed by atoms with Gasteiger partial charge in [0.05, 0.1) is 12.7 Å². The summed E-state index contributed by atoms with van der Waals surface area (Å²) in [5.74, 6) is -0.510. The third kappa shape index (κ3) is 7.92.